The van der Waals surface area contributed by atoms with Crippen LogP contribution in [0.25, 0.3) is 0 Å². The molecule has 0 spiro atoms. The minimum atomic E-state index is -3.66. The van der Waals surface area contributed by atoms with Crippen LogP contribution in [0.4, 0.5) is 0 Å². The molecule has 1 heterocycles. The number of hydrogen-bond donors (Lipinski definition) is 1. The third-order valence-electron chi connectivity index (χ3n) is 3.09. The maximum absolute atomic E-state index is 11.9. The number of aliphatic carboxylic acids is 1. The lowest BCUT2D eigenvalue weighted by molar-refractivity contribution is -0.141. The van der Waals surface area contributed by atoms with Crippen molar-refractivity contribution in [1.29, 1.82) is 0 Å². The third-order valence-corrected chi connectivity index (χ3v) is 5.69. The zero-order chi connectivity index (χ0) is 13.6. The van der Waals surface area contributed by atoms with Gasteiger partial charge in [-0.05, 0) is 34.1 Å². The van der Waals surface area contributed by atoms with Gasteiger partial charge in [0.15, 0.2) is 4.75 Å². The molecular weight excluding hydrogens is 246 g/mol. The summed E-state index contributed by atoms with van der Waals surface area (Å²) in [6, 6.07) is 0. The highest BCUT2D eigenvalue weighted by molar-refractivity contribution is 7.94. The van der Waals surface area contributed by atoms with E-state index in [4.69, 9.17) is 5.11 Å². The number of carbonyl (C=O) groups is 2. The Labute approximate surface area is 101 Å². The van der Waals surface area contributed by atoms with Crippen molar-refractivity contribution in [3.05, 3.63) is 0 Å². The molecule has 1 rings (SSSR count). The molecule has 1 aliphatic heterocycles. The van der Waals surface area contributed by atoms with Gasteiger partial charge in [-0.25, -0.2) is 12.7 Å². The molecular formula is C10H17NO5S. The summed E-state index contributed by atoms with van der Waals surface area (Å²) in [6.45, 7) is 5.82. The monoisotopic (exact) mass is 263 g/mol. The summed E-state index contributed by atoms with van der Waals surface area (Å²) in [4.78, 5) is 22.3. The lowest BCUT2D eigenvalue weighted by Gasteiger charge is -2.51. The van der Waals surface area contributed by atoms with E-state index in [0.29, 0.717) is 0 Å². The quantitative estimate of drug-likeness (QED) is 0.801. The summed E-state index contributed by atoms with van der Waals surface area (Å²) in [5, 5.41) is 8.60. The molecule has 0 radical (unpaired) electrons. The number of rotatable bonds is 4. The average molecular weight is 263 g/mol. The fourth-order valence-corrected chi connectivity index (χ4v) is 3.59. The molecule has 0 aromatic rings. The smallest absolute Gasteiger partial charge is 0.303 e. The van der Waals surface area contributed by atoms with E-state index in [-0.39, 0.29) is 12.8 Å². The second-order valence-corrected chi connectivity index (χ2v) is 7.63. The fraction of sp³-hybridized carbons (Fsp3) is 0.800. The van der Waals surface area contributed by atoms with Crippen molar-refractivity contribution >= 4 is 21.9 Å². The van der Waals surface area contributed by atoms with Crippen molar-refractivity contribution in [2.24, 2.45) is 0 Å². The molecule has 0 aromatic heterocycles. The van der Waals surface area contributed by atoms with Crippen molar-refractivity contribution in [1.82, 2.24) is 4.31 Å². The maximum atomic E-state index is 11.9. The van der Waals surface area contributed by atoms with Crippen LogP contribution < -0.4 is 0 Å². The average Bonchev–Trinajstić information content (AvgIpc) is 2.14. The number of sulfonamides is 1. The van der Waals surface area contributed by atoms with E-state index in [1.54, 1.807) is 13.8 Å². The molecule has 1 N–H and O–H groups in total. The first kappa shape index (κ1) is 14.0. The minimum Gasteiger partial charge on any atom is -0.481 e. The Balaban J connectivity index is 2.96. The molecule has 0 saturated carbocycles. The Hall–Kier alpha value is -1.11. The van der Waals surface area contributed by atoms with Crippen LogP contribution in [-0.2, 0) is 19.6 Å². The number of amides is 1. The number of carboxylic acids is 1. The summed E-state index contributed by atoms with van der Waals surface area (Å²) in [6.07, 6.45) is -0.0733. The van der Waals surface area contributed by atoms with E-state index in [1.807, 2.05) is 0 Å². The van der Waals surface area contributed by atoms with Gasteiger partial charge in [0.05, 0.1) is 5.54 Å². The number of hydrogen-bond acceptors (Lipinski definition) is 4. The molecule has 1 saturated heterocycles. The Kier molecular flexibility index (Phi) is 3.03. The molecule has 7 heteroatoms. The predicted octanol–water partition coefficient (Wildman–Crippen LogP) is 0.580. The van der Waals surface area contributed by atoms with Crippen LogP contribution >= 0.6 is 0 Å². The van der Waals surface area contributed by atoms with E-state index in [0.717, 1.165) is 4.31 Å². The molecule has 0 unspecified atom stereocenters. The maximum Gasteiger partial charge on any atom is 0.303 e. The highest BCUT2D eigenvalue weighted by atomic mass is 32.2. The third kappa shape index (κ3) is 1.92. The van der Waals surface area contributed by atoms with Gasteiger partial charge in [-0.2, -0.15) is 0 Å². The Morgan fingerprint density at radius 3 is 2.24 bits per heavy atom. The summed E-state index contributed by atoms with van der Waals surface area (Å²) in [5.41, 5.74) is -0.996. The van der Waals surface area contributed by atoms with Gasteiger partial charge in [0.25, 0.3) is 15.9 Å². The molecule has 0 bridgehead atoms. The van der Waals surface area contributed by atoms with Gasteiger partial charge in [0.1, 0.15) is 0 Å². The summed E-state index contributed by atoms with van der Waals surface area (Å²) in [7, 11) is -3.66. The minimum absolute atomic E-state index is 0.101. The van der Waals surface area contributed by atoms with Crippen LogP contribution in [0.5, 0.6) is 0 Å². The topological polar surface area (TPSA) is 91.8 Å². The second kappa shape index (κ2) is 3.69. The van der Waals surface area contributed by atoms with Crippen LogP contribution in [0.15, 0.2) is 0 Å². The van der Waals surface area contributed by atoms with Gasteiger partial charge in [0.2, 0.25) is 0 Å². The Morgan fingerprint density at radius 1 is 1.41 bits per heavy atom. The van der Waals surface area contributed by atoms with Crippen molar-refractivity contribution in [2.75, 3.05) is 0 Å². The number of carboxylic acid groups (broad SMARTS) is 1. The van der Waals surface area contributed by atoms with E-state index in [2.05, 4.69) is 0 Å². The van der Waals surface area contributed by atoms with Gasteiger partial charge in [-0.3, -0.25) is 9.59 Å². The van der Waals surface area contributed by atoms with Gasteiger partial charge in [-0.15, -0.1) is 0 Å². The standard InChI is InChI=1S/C10H17NO5S/c1-9(2,6-5-7(12)13)11-8(14)10(3,4)17(11,15)16/h5-6H2,1-4H3,(H,12,13). The predicted molar refractivity (Wildman–Crippen MR) is 60.8 cm³/mol. The molecule has 0 aliphatic carbocycles. The lowest BCUT2D eigenvalue weighted by atomic mass is 9.96. The largest absolute Gasteiger partial charge is 0.481 e. The van der Waals surface area contributed by atoms with Crippen molar-refractivity contribution in [3.63, 3.8) is 0 Å². The van der Waals surface area contributed by atoms with E-state index in [9.17, 15) is 18.0 Å². The number of nitrogens with zero attached hydrogens (tertiary/aromatic N) is 1. The molecule has 6 nitrogen and oxygen atoms in total. The SMILES string of the molecule is CC(C)(CCC(=O)O)N1C(=O)C(C)(C)S1(=O)=O. The van der Waals surface area contributed by atoms with E-state index < -0.39 is 32.2 Å². The van der Waals surface area contributed by atoms with Crippen molar-refractivity contribution in [2.45, 2.75) is 50.8 Å². The highest BCUT2D eigenvalue weighted by Gasteiger charge is 2.64. The first-order chi connectivity index (χ1) is 7.44. The Morgan fingerprint density at radius 2 is 1.88 bits per heavy atom. The molecule has 0 atom stereocenters. The molecule has 1 fully saturated rings. The second-order valence-electron chi connectivity index (χ2n) is 5.29. The normalized spacial score (nSPS) is 22.1. The Bertz CT molecular complexity index is 463. The first-order valence-corrected chi connectivity index (χ1v) is 6.70. The fourth-order valence-electron chi connectivity index (χ4n) is 1.77. The zero-order valence-electron chi connectivity index (χ0n) is 10.3. The molecule has 1 amide bonds. The summed E-state index contributed by atoms with van der Waals surface area (Å²) in [5.74, 6) is -1.49. The molecule has 17 heavy (non-hydrogen) atoms. The van der Waals surface area contributed by atoms with Gasteiger partial charge in [0, 0.05) is 6.42 Å². The van der Waals surface area contributed by atoms with Crippen LogP contribution in [0.3, 0.4) is 0 Å². The molecule has 0 aromatic carbocycles. The van der Waals surface area contributed by atoms with Crippen LogP contribution in [0, 0.1) is 0 Å². The zero-order valence-corrected chi connectivity index (χ0v) is 11.2. The van der Waals surface area contributed by atoms with Gasteiger partial charge < -0.3 is 5.11 Å². The van der Waals surface area contributed by atoms with Gasteiger partial charge in [-0.1, -0.05) is 0 Å². The van der Waals surface area contributed by atoms with Crippen LogP contribution in [-0.4, -0.2) is 40.0 Å². The number of carbonyl (C=O) groups excluding carboxylic acids is 1. The lowest BCUT2D eigenvalue weighted by Crippen LogP contribution is -2.72. The van der Waals surface area contributed by atoms with E-state index >= 15 is 0 Å². The first-order valence-electron chi connectivity index (χ1n) is 5.26. The van der Waals surface area contributed by atoms with E-state index in [1.165, 1.54) is 13.8 Å². The molecule has 98 valence electrons. The summed E-state index contributed by atoms with van der Waals surface area (Å²) < 4.78 is 23.3. The van der Waals surface area contributed by atoms with Gasteiger partial charge >= 0.3 is 5.97 Å². The highest BCUT2D eigenvalue weighted by Crippen LogP contribution is 2.41. The summed E-state index contributed by atoms with van der Waals surface area (Å²) >= 11 is 0. The van der Waals surface area contributed by atoms with Crippen LogP contribution in [0.2, 0.25) is 0 Å². The van der Waals surface area contributed by atoms with Crippen LogP contribution in [0.1, 0.15) is 40.5 Å². The van der Waals surface area contributed by atoms with Crippen molar-refractivity contribution < 1.29 is 23.1 Å². The molecule has 1 aliphatic rings. The van der Waals surface area contributed by atoms with Crippen molar-refractivity contribution in [3.8, 4) is 0 Å².